The molecule has 3 atom stereocenters. The van der Waals surface area contributed by atoms with E-state index in [9.17, 15) is 5.11 Å². The van der Waals surface area contributed by atoms with Crippen LogP contribution in [0.2, 0.25) is 19.6 Å². The summed E-state index contributed by atoms with van der Waals surface area (Å²) in [5.41, 5.74) is 6.46. The standard InChI is InChI=1S/C23H34O2Si/c1-14-9-17(10-20(25-5)15(14)2)22-16(3)19-11-18(24)12-23(19,4)13-21(22)26(6,7)8/h9-10,18-19,24H,3,11-13H2,1-2,4-8H3/t18-,19+,23+/m0/s1. The van der Waals surface area contributed by atoms with E-state index in [-0.39, 0.29) is 11.5 Å². The second-order valence-electron chi connectivity index (χ2n) is 9.73. The molecule has 2 aliphatic rings. The molecule has 3 rings (SSSR count). The van der Waals surface area contributed by atoms with Gasteiger partial charge in [0.2, 0.25) is 0 Å². The summed E-state index contributed by atoms with van der Waals surface area (Å²) < 4.78 is 5.66. The molecular formula is C23H34O2Si. The Morgan fingerprint density at radius 1 is 1.23 bits per heavy atom. The van der Waals surface area contributed by atoms with Crippen LogP contribution in [0.25, 0.3) is 5.57 Å². The fraction of sp³-hybridized carbons (Fsp3) is 0.565. The molecule has 1 aromatic rings. The SMILES string of the molecule is C=C1C(c2cc(C)c(C)c(OC)c2)=C([Si](C)(C)C)C[C@@]2(C)C[C@@H](O)C[C@H]12. The first-order chi connectivity index (χ1) is 12.0. The lowest BCUT2D eigenvalue weighted by Gasteiger charge is -2.44. The van der Waals surface area contributed by atoms with Crippen LogP contribution in [0.1, 0.15) is 42.9 Å². The van der Waals surface area contributed by atoms with Gasteiger partial charge in [-0.2, -0.15) is 0 Å². The quantitative estimate of drug-likeness (QED) is 0.694. The van der Waals surface area contributed by atoms with Crippen LogP contribution in [0, 0.1) is 25.2 Å². The smallest absolute Gasteiger partial charge is 0.122 e. The number of allylic oxidation sites excluding steroid dienone is 3. The van der Waals surface area contributed by atoms with E-state index >= 15 is 0 Å². The molecule has 0 radical (unpaired) electrons. The van der Waals surface area contributed by atoms with Crippen LogP contribution in [-0.2, 0) is 0 Å². The third kappa shape index (κ3) is 3.09. The highest BCUT2D eigenvalue weighted by atomic mass is 28.3. The van der Waals surface area contributed by atoms with Crippen LogP contribution in [0.3, 0.4) is 0 Å². The molecule has 0 spiro atoms. The fourth-order valence-electron chi connectivity index (χ4n) is 5.12. The summed E-state index contributed by atoms with van der Waals surface area (Å²) in [7, 11) is 0.214. The first-order valence-corrected chi connectivity index (χ1v) is 13.2. The van der Waals surface area contributed by atoms with Crippen molar-refractivity contribution in [3.05, 3.63) is 46.2 Å². The highest BCUT2D eigenvalue weighted by Crippen LogP contribution is 2.58. The Morgan fingerprint density at radius 3 is 2.46 bits per heavy atom. The van der Waals surface area contributed by atoms with Gasteiger partial charge in [0.05, 0.1) is 21.3 Å². The molecular weight excluding hydrogens is 336 g/mol. The third-order valence-electron chi connectivity index (χ3n) is 6.71. The average Bonchev–Trinajstić information content (AvgIpc) is 2.84. The maximum absolute atomic E-state index is 10.4. The van der Waals surface area contributed by atoms with Gasteiger partial charge >= 0.3 is 0 Å². The van der Waals surface area contributed by atoms with Crippen molar-refractivity contribution in [3.8, 4) is 5.75 Å². The number of ether oxygens (including phenoxy) is 1. The van der Waals surface area contributed by atoms with Crippen LogP contribution in [0.4, 0.5) is 0 Å². The Morgan fingerprint density at radius 2 is 1.88 bits per heavy atom. The van der Waals surface area contributed by atoms with Crippen molar-refractivity contribution in [1.29, 1.82) is 0 Å². The van der Waals surface area contributed by atoms with E-state index in [1.165, 1.54) is 27.8 Å². The van der Waals surface area contributed by atoms with Crippen LogP contribution in [0.5, 0.6) is 5.75 Å². The number of rotatable bonds is 3. The maximum Gasteiger partial charge on any atom is 0.122 e. The summed E-state index contributed by atoms with van der Waals surface area (Å²) in [5, 5.41) is 12.0. The van der Waals surface area contributed by atoms with Crippen LogP contribution in [0.15, 0.2) is 29.5 Å². The van der Waals surface area contributed by atoms with Gasteiger partial charge in [0.1, 0.15) is 5.75 Å². The summed E-state index contributed by atoms with van der Waals surface area (Å²) in [4.78, 5) is 0. The molecule has 0 heterocycles. The maximum atomic E-state index is 10.4. The number of hydrogen-bond acceptors (Lipinski definition) is 2. The van der Waals surface area contributed by atoms with Crippen molar-refractivity contribution in [2.24, 2.45) is 11.3 Å². The molecule has 3 heteroatoms. The fourth-order valence-corrected chi connectivity index (χ4v) is 7.11. The van der Waals surface area contributed by atoms with Gasteiger partial charge in [-0.3, -0.25) is 0 Å². The minimum Gasteiger partial charge on any atom is -0.496 e. The van der Waals surface area contributed by atoms with Crippen molar-refractivity contribution in [2.75, 3.05) is 7.11 Å². The summed E-state index contributed by atoms with van der Waals surface area (Å²) in [6.07, 6.45) is 2.64. The van der Waals surface area contributed by atoms with Crippen molar-refractivity contribution < 1.29 is 9.84 Å². The normalized spacial score (nSPS) is 29.2. The molecule has 0 amide bonds. The molecule has 0 aromatic heterocycles. The van der Waals surface area contributed by atoms with E-state index in [2.05, 4.69) is 59.1 Å². The van der Waals surface area contributed by atoms with E-state index < -0.39 is 8.07 Å². The second kappa shape index (κ2) is 6.38. The molecule has 1 fully saturated rings. The van der Waals surface area contributed by atoms with Crippen molar-refractivity contribution in [1.82, 2.24) is 0 Å². The highest BCUT2D eigenvalue weighted by molar-refractivity contribution is 6.84. The number of methoxy groups -OCH3 is 1. The zero-order chi connectivity index (χ0) is 19.4. The Bertz CT molecular complexity index is 784. The molecule has 0 unspecified atom stereocenters. The van der Waals surface area contributed by atoms with Crippen molar-refractivity contribution in [3.63, 3.8) is 0 Å². The molecule has 2 aliphatic carbocycles. The molecule has 2 nitrogen and oxygen atoms in total. The van der Waals surface area contributed by atoms with Gasteiger partial charge in [0.15, 0.2) is 0 Å². The third-order valence-corrected chi connectivity index (χ3v) is 8.95. The molecule has 26 heavy (non-hydrogen) atoms. The van der Waals surface area contributed by atoms with Crippen molar-refractivity contribution >= 4 is 13.6 Å². The molecule has 0 bridgehead atoms. The number of aryl methyl sites for hydroxylation is 1. The Hall–Kier alpha value is -1.32. The zero-order valence-corrected chi connectivity index (χ0v) is 18.5. The van der Waals surface area contributed by atoms with Gasteiger partial charge in [-0.25, -0.2) is 0 Å². The molecule has 142 valence electrons. The predicted molar refractivity (Wildman–Crippen MR) is 113 cm³/mol. The Labute approximate surface area is 160 Å². The molecule has 1 N–H and O–H groups in total. The van der Waals surface area contributed by atoms with Gasteiger partial charge in [-0.05, 0) is 78.3 Å². The van der Waals surface area contributed by atoms with Gasteiger partial charge in [-0.1, -0.05) is 44.4 Å². The first kappa shape index (κ1) is 19.4. The van der Waals surface area contributed by atoms with Crippen LogP contribution in [-0.4, -0.2) is 26.4 Å². The van der Waals surface area contributed by atoms with E-state index in [4.69, 9.17) is 4.74 Å². The first-order valence-electron chi connectivity index (χ1n) is 9.74. The minimum absolute atomic E-state index is 0.152. The Balaban J connectivity index is 2.23. The van der Waals surface area contributed by atoms with Crippen LogP contribution < -0.4 is 4.74 Å². The summed E-state index contributed by atoms with van der Waals surface area (Å²) in [6, 6.07) is 4.49. The number of aliphatic hydroxyl groups excluding tert-OH is 1. The minimum atomic E-state index is -1.54. The van der Waals surface area contributed by atoms with Gasteiger partial charge in [-0.15, -0.1) is 0 Å². The van der Waals surface area contributed by atoms with Gasteiger partial charge < -0.3 is 9.84 Å². The van der Waals surface area contributed by atoms with E-state index in [1.54, 1.807) is 12.3 Å². The average molecular weight is 371 g/mol. The monoisotopic (exact) mass is 370 g/mol. The van der Waals surface area contributed by atoms with E-state index in [1.807, 2.05) is 0 Å². The van der Waals surface area contributed by atoms with Crippen LogP contribution >= 0.6 is 0 Å². The lowest BCUT2D eigenvalue weighted by Crippen LogP contribution is -2.37. The van der Waals surface area contributed by atoms with E-state index in [0.717, 1.165) is 25.0 Å². The largest absolute Gasteiger partial charge is 0.496 e. The van der Waals surface area contributed by atoms with Crippen molar-refractivity contribution in [2.45, 2.75) is 65.8 Å². The predicted octanol–water partition coefficient (Wildman–Crippen LogP) is 5.68. The number of aliphatic hydroxyl groups is 1. The number of fused-ring (bicyclic) bond motifs is 1. The Kier molecular flexibility index (Phi) is 4.77. The molecule has 0 aliphatic heterocycles. The highest BCUT2D eigenvalue weighted by Gasteiger charge is 2.50. The molecule has 0 saturated heterocycles. The lowest BCUT2D eigenvalue weighted by atomic mass is 9.67. The lowest BCUT2D eigenvalue weighted by molar-refractivity contribution is 0.163. The summed E-state index contributed by atoms with van der Waals surface area (Å²) in [5.74, 6) is 1.33. The van der Waals surface area contributed by atoms with Gasteiger partial charge in [0.25, 0.3) is 0 Å². The number of benzene rings is 1. The molecule has 1 aromatic carbocycles. The molecule has 1 saturated carbocycles. The zero-order valence-electron chi connectivity index (χ0n) is 17.5. The second-order valence-corrected chi connectivity index (χ2v) is 14.8. The number of hydrogen-bond donors (Lipinski definition) is 1. The van der Waals surface area contributed by atoms with Gasteiger partial charge in [0, 0.05) is 0 Å². The van der Waals surface area contributed by atoms with E-state index in [0.29, 0.717) is 5.92 Å². The topological polar surface area (TPSA) is 29.5 Å². The summed E-state index contributed by atoms with van der Waals surface area (Å²) >= 11 is 0. The summed E-state index contributed by atoms with van der Waals surface area (Å²) in [6.45, 7) is 18.5.